The zero-order chi connectivity index (χ0) is 23.2. The fraction of sp³-hybridized carbons (Fsp3) is 0.154. The Morgan fingerprint density at radius 3 is 2.18 bits per heavy atom. The molecule has 1 N–H and O–H groups in total. The quantitative estimate of drug-likeness (QED) is 0.398. The van der Waals surface area contributed by atoms with Gasteiger partial charge in [0.15, 0.2) is 5.82 Å². The van der Waals surface area contributed by atoms with E-state index in [1.807, 2.05) is 92.8 Å². The number of aliphatic imine (C=N–C) groups is 1. The maximum absolute atomic E-state index is 14.9. The van der Waals surface area contributed by atoms with E-state index in [-0.39, 0.29) is 0 Å². The SMILES string of the molecule is Cc1ccc(N[P@]2(=O)c3c(C)nn(-c4ccccc4)c3N=C(c3ccccc3)N2C)cc1C. The van der Waals surface area contributed by atoms with Gasteiger partial charge in [-0.05, 0) is 56.2 Å². The number of nitrogens with one attached hydrogen (secondary N) is 1. The van der Waals surface area contributed by atoms with Gasteiger partial charge in [-0.15, -0.1) is 0 Å². The Morgan fingerprint density at radius 2 is 1.52 bits per heavy atom. The van der Waals surface area contributed by atoms with Crippen molar-refractivity contribution in [1.29, 1.82) is 0 Å². The molecule has 166 valence electrons. The highest BCUT2D eigenvalue weighted by Gasteiger charge is 2.43. The third kappa shape index (κ3) is 3.57. The summed E-state index contributed by atoms with van der Waals surface area (Å²) < 4.78 is 18.5. The molecule has 33 heavy (non-hydrogen) atoms. The van der Waals surface area contributed by atoms with Gasteiger partial charge in [-0.1, -0.05) is 54.6 Å². The molecule has 3 aromatic carbocycles. The molecule has 0 radical (unpaired) electrons. The number of hydrogen-bond donors (Lipinski definition) is 1. The molecule has 0 saturated carbocycles. The number of aromatic nitrogens is 2. The lowest BCUT2D eigenvalue weighted by Crippen LogP contribution is -2.36. The number of hydrogen-bond acceptors (Lipinski definition) is 3. The van der Waals surface area contributed by atoms with Gasteiger partial charge in [0, 0.05) is 18.3 Å². The van der Waals surface area contributed by atoms with E-state index >= 15 is 0 Å². The van der Waals surface area contributed by atoms with Crippen molar-refractivity contribution in [2.45, 2.75) is 20.8 Å². The van der Waals surface area contributed by atoms with Crippen LogP contribution in [0.15, 0.2) is 83.9 Å². The molecule has 0 amide bonds. The van der Waals surface area contributed by atoms with Gasteiger partial charge in [-0.3, -0.25) is 9.24 Å². The Hall–Kier alpha value is -3.63. The Balaban J connectivity index is 1.74. The first kappa shape index (κ1) is 21.2. The molecule has 0 saturated heterocycles. The number of fused-ring (bicyclic) bond motifs is 1. The third-order valence-electron chi connectivity index (χ3n) is 6.07. The van der Waals surface area contributed by atoms with Crippen molar-refractivity contribution in [3.8, 4) is 5.69 Å². The van der Waals surface area contributed by atoms with Crippen molar-refractivity contribution in [2.75, 3.05) is 12.1 Å². The molecule has 1 aromatic heterocycles. The van der Waals surface area contributed by atoms with E-state index in [4.69, 9.17) is 10.1 Å². The van der Waals surface area contributed by atoms with E-state index in [2.05, 4.69) is 18.9 Å². The van der Waals surface area contributed by atoms with Crippen LogP contribution < -0.4 is 10.4 Å². The van der Waals surface area contributed by atoms with Gasteiger partial charge in [0.05, 0.1) is 11.4 Å². The van der Waals surface area contributed by atoms with Gasteiger partial charge >= 0.3 is 0 Å². The average Bonchev–Trinajstić information content (AvgIpc) is 3.17. The summed E-state index contributed by atoms with van der Waals surface area (Å²) in [5, 5.41) is 8.78. The molecule has 0 fully saturated rings. The molecule has 1 aliphatic rings. The van der Waals surface area contributed by atoms with Crippen molar-refractivity contribution in [3.05, 3.63) is 101 Å². The molecular weight excluding hydrogens is 429 g/mol. The molecule has 1 aliphatic heterocycles. The van der Waals surface area contributed by atoms with Crippen LogP contribution in [-0.4, -0.2) is 27.3 Å². The van der Waals surface area contributed by atoms with Crippen molar-refractivity contribution < 1.29 is 4.57 Å². The van der Waals surface area contributed by atoms with Gasteiger partial charge in [0.1, 0.15) is 11.1 Å². The normalized spacial score (nSPS) is 17.5. The van der Waals surface area contributed by atoms with Crippen LogP contribution in [-0.2, 0) is 4.57 Å². The minimum atomic E-state index is -3.34. The van der Waals surface area contributed by atoms with E-state index in [1.165, 1.54) is 5.56 Å². The molecule has 0 unspecified atom stereocenters. The summed E-state index contributed by atoms with van der Waals surface area (Å²) in [6.07, 6.45) is 0. The number of rotatable bonds is 4. The molecule has 0 bridgehead atoms. The van der Waals surface area contributed by atoms with Gasteiger partial charge in [-0.2, -0.15) is 5.10 Å². The number of para-hydroxylation sites is 1. The van der Waals surface area contributed by atoms with Crippen LogP contribution in [0.3, 0.4) is 0 Å². The maximum Gasteiger partial charge on any atom is 0.296 e. The number of benzene rings is 3. The number of nitrogens with zero attached hydrogens (tertiary/aromatic N) is 4. The predicted octanol–water partition coefficient (Wildman–Crippen LogP) is 5.75. The molecule has 1 atom stereocenters. The minimum Gasteiger partial charge on any atom is -0.317 e. The fourth-order valence-corrected chi connectivity index (χ4v) is 6.50. The van der Waals surface area contributed by atoms with Crippen molar-refractivity contribution in [2.24, 2.45) is 4.99 Å². The van der Waals surface area contributed by atoms with Gasteiger partial charge in [-0.25, -0.2) is 9.67 Å². The van der Waals surface area contributed by atoms with Crippen LogP contribution in [0.1, 0.15) is 22.4 Å². The Labute approximate surface area is 194 Å². The van der Waals surface area contributed by atoms with E-state index in [0.717, 1.165) is 22.5 Å². The van der Waals surface area contributed by atoms with E-state index in [1.54, 1.807) is 9.35 Å². The van der Waals surface area contributed by atoms with Gasteiger partial charge < -0.3 is 5.09 Å². The summed E-state index contributed by atoms with van der Waals surface area (Å²) >= 11 is 0. The van der Waals surface area contributed by atoms with Crippen LogP contribution in [0.5, 0.6) is 0 Å². The summed E-state index contributed by atoms with van der Waals surface area (Å²) in [4.78, 5) is 4.99. The van der Waals surface area contributed by atoms with Crippen LogP contribution >= 0.6 is 7.44 Å². The third-order valence-corrected chi connectivity index (χ3v) is 8.79. The van der Waals surface area contributed by atoms with Crippen molar-refractivity contribution >= 4 is 30.1 Å². The second kappa shape index (κ2) is 8.05. The molecule has 6 nitrogen and oxygen atoms in total. The second-order valence-electron chi connectivity index (χ2n) is 8.32. The molecule has 7 heteroatoms. The summed E-state index contributed by atoms with van der Waals surface area (Å²) in [5.74, 6) is 1.23. The maximum atomic E-state index is 14.9. The number of aryl methyl sites for hydroxylation is 3. The Kier molecular flexibility index (Phi) is 5.18. The second-order valence-corrected chi connectivity index (χ2v) is 10.7. The lowest BCUT2D eigenvalue weighted by atomic mass is 10.1. The fourth-order valence-electron chi connectivity index (χ4n) is 4.12. The van der Waals surface area contributed by atoms with Crippen LogP contribution in [0.25, 0.3) is 5.69 Å². The lowest BCUT2D eigenvalue weighted by Gasteiger charge is -2.35. The first-order valence-electron chi connectivity index (χ1n) is 10.9. The monoisotopic (exact) mass is 455 g/mol. The van der Waals surface area contributed by atoms with Crippen LogP contribution in [0.4, 0.5) is 11.5 Å². The smallest absolute Gasteiger partial charge is 0.296 e. The van der Waals surface area contributed by atoms with Crippen LogP contribution in [0, 0.1) is 20.8 Å². The van der Waals surface area contributed by atoms with Gasteiger partial charge in [0.2, 0.25) is 0 Å². The highest BCUT2D eigenvalue weighted by Crippen LogP contribution is 2.54. The summed E-state index contributed by atoms with van der Waals surface area (Å²) in [6, 6.07) is 25.7. The number of anilines is 1. The van der Waals surface area contributed by atoms with E-state index in [0.29, 0.717) is 22.7 Å². The Bertz CT molecular complexity index is 1410. The summed E-state index contributed by atoms with van der Waals surface area (Å²) in [5.41, 5.74) is 5.60. The van der Waals surface area contributed by atoms with E-state index < -0.39 is 7.44 Å². The Morgan fingerprint density at radius 1 is 0.848 bits per heavy atom. The standard InChI is InChI=1S/C26H26N5OP/c1-18-15-16-22(17-19(18)2)29-33(32)24-20(3)28-31(23-13-9-6-10-14-23)26(24)27-25(30(33)4)21-11-7-5-8-12-21/h5-17H,1-4H3,(H,29,32)/t33-/m1/s1. The molecule has 4 aromatic rings. The lowest BCUT2D eigenvalue weighted by molar-refractivity contribution is 0.553. The van der Waals surface area contributed by atoms with E-state index in [9.17, 15) is 4.57 Å². The highest BCUT2D eigenvalue weighted by atomic mass is 31.2. The summed E-state index contributed by atoms with van der Waals surface area (Å²) in [7, 11) is -1.50. The van der Waals surface area contributed by atoms with Gasteiger partial charge in [0.25, 0.3) is 7.44 Å². The molecule has 0 aliphatic carbocycles. The molecule has 0 spiro atoms. The summed E-state index contributed by atoms with van der Waals surface area (Å²) in [6.45, 7) is 6.02. The average molecular weight is 456 g/mol. The first-order chi connectivity index (χ1) is 15.9. The predicted molar refractivity (Wildman–Crippen MR) is 135 cm³/mol. The zero-order valence-corrected chi connectivity index (χ0v) is 20.0. The molecule has 5 rings (SSSR count). The van der Waals surface area contributed by atoms with Crippen LogP contribution in [0.2, 0.25) is 0 Å². The number of amidine groups is 1. The highest BCUT2D eigenvalue weighted by molar-refractivity contribution is 7.72. The first-order valence-corrected chi connectivity index (χ1v) is 12.5. The van der Waals surface area contributed by atoms with Crippen molar-refractivity contribution in [3.63, 3.8) is 0 Å². The minimum absolute atomic E-state index is 0.593. The topological polar surface area (TPSA) is 62.5 Å². The molecular formula is C26H26N5OP. The van der Waals surface area contributed by atoms with Crippen molar-refractivity contribution in [1.82, 2.24) is 14.5 Å². The largest absolute Gasteiger partial charge is 0.317 e. The molecule has 2 heterocycles. The zero-order valence-electron chi connectivity index (χ0n) is 19.1.